The van der Waals surface area contributed by atoms with Crippen molar-refractivity contribution in [2.24, 2.45) is 0 Å². The molecule has 1 rings (SSSR count). The van der Waals surface area contributed by atoms with Crippen LogP contribution in [0.4, 0.5) is 5.69 Å². The SMILES string of the molecule is CCN(CC(=O)N(C)C)c1ccc([C@@H](C)O)c(Br)c1. The van der Waals surface area contributed by atoms with E-state index in [-0.39, 0.29) is 5.91 Å². The number of anilines is 1. The normalized spacial score (nSPS) is 12.1. The Bertz CT molecular complexity index is 447. The number of amides is 1. The highest BCUT2D eigenvalue weighted by atomic mass is 79.9. The molecule has 0 heterocycles. The smallest absolute Gasteiger partial charge is 0.241 e. The van der Waals surface area contributed by atoms with Gasteiger partial charge in [-0.05, 0) is 31.5 Å². The number of carbonyl (C=O) groups is 1. The van der Waals surface area contributed by atoms with Crippen LogP contribution < -0.4 is 4.90 Å². The first-order valence-electron chi connectivity index (χ1n) is 6.29. The number of likely N-dealkylation sites (N-methyl/N-ethyl adjacent to an activating group) is 2. The Balaban J connectivity index is 2.94. The van der Waals surface area contributed by atoms with Gasteiger partial charge in [0.25, 0.3) is 0 Å². The molecule has 1 atom stereocenters. The van der Waals surface area contributed by atoms with Crippen LogP contribution in [0.3, 0.4) is 0 Å². The fourth-order valence-electron chi connectivity index (χ4n) is 1.74. The molecule has 0 radical (unpaired) electrons. The Hall–Kier alpha value is -1.07. The molecule has 1 aromatic rings. The zero-order valence-electron chi connectivity index (χ0n) is 11.9. The Morgan fingerprint density at radius 1 is 1.42 bits per heavy atom. The molecule has 0 saturated carbocycles. The van der Waals surface area contributed by atoms with E-state index in [9.17, 15) is 9.90 Å². The van der Waals surface area contributed by atoms with Gasteiger partial charge < -0.3 is 14.9 Å². The minimum Gasteiger partial charge on any atom is -0.389 e. The number of carbonyl (C=O) groups excluding carboxylic acids is 1. The van der Waals surface area contributed by atoms with E-state index in [0.29, 0.717) is 6.54 Å². The van der Waals surface area contributed by atoms with Gasteiger partial charge in [-0.1, -0.05) is 22.0 Å². The third-order valence-corrected chi connectivity index (χ3v) is 3.69. The second-order valence-electron chi connectivity index (χ2n) is 4.68. The van der Waals surface area contributed by atoms with E-state index in [2.05, 4.69) is 15.9 Å². The Morgan fingerprint density at radius 2 is 2.05 bits per heavy atom. The first-order chi connectivity index (χ1) is 8.86. The van der Waals surface area contributed by atoms with Crippen LogP contribution in [0, 0.1) is 0 Å². The van der Waals surface area contributed by atoms with E-state index in [1.807, 2.05) is 30.0 Å². The van der Waals surface area contributed by atoms with E-state index >= 15 is 0 Å². The lowest BCUT2D eigenvalue weighted by Crippen LogP contribution is -2.36. The van der Waals surface area contributed by atoms with E-state index in [1.165, 1.54) is 0 Å². The van der Waals surface area contributed by atoms with Crippen LogP contribution in [0.15, 0.2) is 22.7 Å². The zero-order chi connectivity index (χ0) is 14.6. The van der Waals surface area contributed by atoms with Gasteiger partial charge in [-0.25, -0.2) is 0 Å². The van der Waals surface area contributed by atoms with Gasteiger partial charge in [0.05, 0.1) is 12.6 Å². The van der Waals surface area contributed by atoms with Crippen molar-refractivity contribution in [2.75, 3.05) is 32.1 Å². The van der Waals surface area contributed by atoms with Crippen molar-refractivity contribution in [3.8, 4) is 0 Å². The topological polar surface area (TPSA) is 43.8 Å². The Labute approximate surface area is 123 Å². The van der Waals surface area contributed by atoms with Gasteiger partial charge in [-0.2, -0.15) is 0 Å². The van der Waals surface area contributed by atoms with Gasteiger partial charge >= 0.3 is 0 Å². The fourth-order valence-corrected chi connectivity index (χ4v) is 2.44. The minimum absolute atomic E-state index is 0.0672. The van der Waals surface area contributed by atoms with Gasteiger partial charge in [0.1, 0.15) is 0 Å². The van der Waals surface area contributed by atoms with Gasteiger partial charge in [0.2, 0.25) is 5.91 Å². The molecule has 0 fully saturated rings. The molecule has 0 unspecified atom stereocenters. The summed E-state index contributed by atoms with van der Waals surface area (Å²) in [6.45, 7) is 4.84. The molecule has 0 saturated heterocycles. The third-order valence-electron chi connectivity index (χ3n) is 3.01. The molecule has 1 amide bonds. The van der Waals surface area contributed by atoms with E-state index in [1.54, 1.807) is 25.9 Å². The predicted octanol–water partition coefficient (Wildman–Crippen LogP) is 2.42. The number of hydrogen-bond donors (Lipinski definition) is 1. The summed E-state index contributed by atoms with van der Waals surface area (Å²) in [6, 6.07) is 5.75. The molecule has 106 valence electrons. The first kappa shape index (κ1) is 16.0. The number of benzene rings is 1. The molecule has 1 N–H and O–H groups in total. The largest absolute Gasteiger partial charge is 0.389 e. The minimum atomic E-state index is -0.512. The van der Waals surface area contributed by atoms with Crippen molar-refractivity contribution in [3.05, 3.63) is 28.2 Å². The molecule has 19 heavy (non-hydrogen) atoms. The quantitative estimate of drug-likeness (QED) is 0.902. The van der Waals surface area contributed by atoms with E-state index < -0.39 is 6.10 Å². The molecule has 0 aliphatic rings. The zero-order valence-corrected chi connectivity index (χ0v) is 13.4. The van der Waals surface area contributed by atoms with Crippen LogP contribution in [-0.4, -0.2) is 43.1 Å². The van der Waals surface area contributed by atoms with Gasteiger partial charge in [0.15, 0.2) is 0 Å². The standard InChI is InChI=1S/C14H21BrN2O2/c1-5-17(9-14(19)16(3)4)11-6-7-12(10(2)18)13(15)8-11/h6-8,10,18H,5,9H2,1-4H3/t10-/m1/s1. The number of hydrogen-bond acceptors (Lipinski definition) is 3. The van der Waals surface area contributed by atoms with E-state index in [4.69, 9.17) is 0 Å². The van der Waals surface area contributed by atoms with Crippen LogP contribution >= 0.6 is 15.9 Å². The highest BCUT2D eigenvalue weighted by Gasteiger charge is 2.13. The molecule has 0 aromatic heterocycles. The summed E-state index contributed by atoms with van der Waals surface area (Å²) in [5.74, 6) is 0.0672. The highest BCUT2D eigenvalue weighted by Crippen LogP contribution is 2.28. The van der Waals surface area contributed by atoms with Crippen LogP contribution in [-0.2, 0) is 4.79 Å². The van der Waals surface area contributed by atoms with Crippen molar-refractivity contribution < 1.29 is 9.90 Å². The Kier molecular flexibility index (Phi) is 5.82. The summed E-state index contributed by atoms with van der Waals surface area (Å²) < 4.78 is 0.857. The molecule has 5 heteroatoms. The molecule has 0 bridgehead atoms. The summed E-state index contributed by atoms with van der Waals surface area (Å²) in [7, 11) is 3.51. The molecule has 4 nitrogen and oxygen atoms in total. The number of aliphatic hydroxyl groups excluding tert-OH is 1. The maximum atomic E-state index is 11.8. The average Bonchev–Trinajstić information content (AvgIpc) is 2.34. The van der Waals surface area contributed by atoms with Crippen LogP contribution in [0.5, 0.6) is 0 Å². The Morgan fingerprint density at radius 3 is 2.47 bits per heavy atom. The number of rotatable bonds is 5. The first-order valence-corrected chi connectivity index (χ1v) is 7.08. The molecule has 0 aliphatic heterocycles. The number of nitrogens with zero attached hydrogens (tertiary/aromatic N) is 2. The lowest BCUT2D eigenvalue weighted by Gasteiger charge is -2.25. The number of halogens is 1. The van der Waals surface area contributed by atoms with E-state index in [0.717, 1.165) is 22.3 Å². The van der Waals surface area contributed by atoms with Crippen molar-refractivity contribution in [2.45, 2.75) is 20.0 Å². The summed E-state index contributed by atoms with van der Waals surface area (Å²) in [5.41, 5.74) is 1.81. The van der Waals surface area contributed by atoms with Gasteiger partial charge in [0, 0.05) is 30.8 Å². The van der Waals surface area contributed by atoms with Gasteiger partial charge in [-0.15, -0.1) is 0 Å². The highest BCUT2D eigenvalue weighted by molar-refractivity contribution is 9.10. The summed E-state index contributed by atoms with van der Waals surface area (Å²) in [4.78, 5) is 15.4. The van der Waals surface area contributed by atoms with Crippen LogP contribution in [0.1, 0.15) is 25.5 Å². The lowest BCUT2D eigenvalue weighted by atomic mass is 10.1. The molecule has 1 aromatic carbocycles. The fraction of sp³-hybridized carbons (Fsp3) is 0.500. The third kappa shape index (κ3) is 4.21. The maximum Gasteiger partial charge on any atom is 0.241 e. The molecular formula is C14H21BrN2O2. The average molecular weight is 329 g/mol. The summed E-state index contributed by atoms with van der Waals surface area (Å²) in [5, 5.41) is 9.61. The maximum absolute atomic E-state index is 11.8. The van der Waals surface area contributed by atoms with Crippen molar-refractivity contribution in [1.82, 2.24) is 4.90 Å². The second-order valence-corrected chi connectivity index (χ2v) is 5.54. The van der Waals surface area contributed by atoms with Crippen LogP contribution in [0.25, 0.3) is 0 Å². The van der Waals surface area contributed by atoms with Crippen molar-refractivity contribution in [1.29, 1.82) is 0 Å². The summed E-state index contributed by atoms with van der Waals surface area (Å²) in [6.07, 6.45) is -0.512. The lowest BCUT2D eigenvalue weighted by molar-refractivity contribution is -0.127. The number of aliphatic hydroxyl groups is 1. The molecular weight excluding hydrogens is 308 g/mol. The van der Waals surface area contributed by atoms with Crippen molar-refractivity contribution in [3.63, 3.8) is 0 Å². The summed E-state index contributed by atoms with van der Waals surface area (Å²) >= 11 is 3.46. The van der Waals surface area contributed by atoms with Gasteiger partial charge in [-0.3, -0.25) is 4.79 Å². The monoisotopic (exact) mass is 328 g/mol. The molecule has 0 spiro atoms. The predicted molar refractivity (Wildman–Crippen MR) is 81.4 cm³/mol. The van der Waals surface area contributed by atoms with Crippen molar-refractivity contribution >= 4 is 27.5 Å². The van der Waals surface area contributed by atoms with Crippen LogP contribution in [0.2, 0.25) is 0 Å². The second kappa shape index (κ2) is 6.91. The molecule has 0 aliphatic carbocycles.